The normalized spacial score (nSPS) is 10.9. The number of hydrogen-bond acceptors (Lipinski definition) is 5. The number of fused-ring (bicyclic) bond motifs is 1. The lowest BCUT2D eigenvalue weighted by atomic mass is 9.94. The van der Waals surface area contributed by atoms with Crippen molar-refractivity contribution in [2.45, 2.75) is 6.92 Å². The summed E-state index contributed by atoms with van der Waals surface area (Å²) < 4.78 is 1.37. The van der Waals surface area contributed by atoms with Crippen LogP contribution < -0.4 is 17.0 Å². The van der Waals surface area contributed by atoms with Crippen molar-refractivity contribution in [3.05, 3.63) is 51.9 Å². The molecule has 24 heavy (non-hydrogen) atoms. The Morgan fingerprint density at radius 3 is 2.71 bits per heavy atom. The molecular formula is C17H16N4O3. The molecule has 3 rings (SSSR count). The molecule has 3 aromatic rings. The molecule has 122 valence electrons. The molecule has 1 aromatic heterocycles. The van der Waals surface area contributed by atoms with E-state index in [1.807, 2.05) is 0 Å². The van der Waals surface area contributed by atoms with Gasteiger partial charge in [0, 0.05) is 12.6 Å². The molecule has 0 bridgehead atoms. The molecule has 5 N–H and O–H groups in total. The maximum atomic E-state index is 11.9. The summed E-state index contributed by atoms with van der Waals surface area (Å²) in [6, 6.07) is 6.45. The van der Waals surface area contributed by atoms with E-state index in [0.717, 1.165) is 0 Å². The zero-order valence-electron chi connectivity index (χ0n) is 13.2. The smallest absolute Gasteiger partial charge is 0.269 e. The van der Waals surface area contributed by atoms with E-state index in [1.165, 1.54) is 16.8 Å². The number of anilines is 1. The number of aromatic nitrogens is 2. The number of phenolic OH excluding ortho intramolecular Hbond substituents is 1. The van der Waals surface area contributed by atoms with Crippen LogP contribution >= 0.6 is 0 Å². The Labute approximate surface area is 137 Å². The van der Waals surface area contributed by atoms with Crippen LogP contribution in [0.5, 0.6) is 5.75 Å². The molecule has 0 unspecified atom stereocenters. The third kappa shape index (κ3) is 2.18. The molecule has 0 fully saturated rings. The van der Waals surface area contributed by atoms with E-state index in [9.17, 15) is 14.7 Å². The number of aromatic hydroxyl groups is 1. The van der Waals surface area contributed by atoms with Crippen molar-refractivity contribution in [1.82, 2.24) is 9.55 Å². The number of nitrogens with zero attached hydrogens (tertiary/aromatic N) is 2. The predicted octanol–water partition coefficient (Wildman–Crippen LogP) is 1.30. The summed E-state index contributed by atoms with van der Waals surface area (Å²) in [6.45, 7) is 1.73. The number of amides is 1. The first-order valence-corrected chi connectivity index (χ1v) is 7.20. The molecule has 1 amide bonds. The lowest BCUT2D eigenvalue weighted by Crippen LogP contribution is -2.20. The second-order valence-corrected chi connectivity index (χ2v) is 5.55. The second-order valence-electron chi connectivity index (χ2n) is 5.55. The predicted molar refractivity (Wildman–Crippen MR) is 91.8 cm³/mol. The maximum absolute atomic E-state index is 11.9. The zero-order chi connectivity index (χ0) is 17.6. The first-order chi connectivity index (χ1) is 11.3. The van der Waals surface area contributed by atoms with Crippen molar-refractivity contribution in [2.75, 3.05) is 5.73 Å². The number of primary amides is 1. The number of hydrogen-bond donors (Lipinski definition) is 3. The lowest BCUT2D eigenvalue weighted by molar-refractivity contribution is 0.100. The van der Waals surface area contributed by atoms with Crippen LogP contribution in [-0.4, -0.2) is 20.6 Å². The summed E-state index contributed by atoms with van der Waals surface area (Å²) >= 11 is 0. The van der Waals surface area contributed by atoms with Gasteiger partial charge in [-0.3, -0.25) is 9.59 Å². The minimum Gasteiger partial charge on any atom is -0.508 e. The molecule has 2 aromatic carbocycles. The summed E-state index contributed by atoms with van der Waals surface area (Å²) in [5, 5.41) is 9.99. The highest BCUT2D eigenvalue weighted by atomic mass is 16.3. The van der Waals surface area contributed by atoms with E-state index in [-0.39, 0.29) is 22.6 Å². The Kier molecular flexibility index (Phi) is 3.48. The highest BCUT2D eigenvalue weighted by molar-refractivity contribution is 6.10. The monoisotopic (exact) mass is 324 g/mol. The van der Waals surface area contributed by atoms with Crippen molar-refractivity contribution >= 4 is 22.6 Å². The van der Waals surface area contributed by atoms with Crippen LogP contribution in [0.4, 0.5) is 5.69 Å². The average molecular weight is 324 g/mol. The van der Waals surface area contributed by atoms with Gasteiger partial charge >= 0.3 is 0 Å². The highest BCUT2D eigenvalue weighted by Gasteiger charge is 2.20. The Balaban J connectivity index is 2.57. The van der Waals surface area contributed by atoms with Crippen LogP contribution in [0.3, 0.4) is 0 Å². The van der Waals surface area contributed by atoms with E-state index in [2.05, 4.69) is 4.98 Å². The number of phenols is 1. The van der Waals surface area contributed by atoms with Gasteiger partial charge in [-0.05, 0) is 30.2 Å². The number of benzene rings is 2. The zero-order valence-corrected chi connectivity index (χ0v) is 13.2. The number of carbonyl (C=O) groups excluding carboxylic acids is 1. The van der Waals surface area contributed by atoms with E-state index >= 15 is 0 Å². The van der Waals surface area contributed by atoms with Crippen LogP contribution in [0.2, 0.25) is 0 Å². The molecule has 7 heteroatoms. The first-order valence-electron chi connectivity index (χ1n) is 7.20. The first kappa shape index (κ1) is 15.5. The molecule has 0 aliphatic carbocycles. The molecule has 0 saturated carbocycles. The van der Waals surface area contributed by atoms with Crippen molar-refractivity contribution < 1.29 is 9.90 Å². The fraction of sp³-hybridized carbons (Fsp3) is 0.118. The van der Waals surface area contributed by atoms with Gasteiger partial charge < -0.3 is 21.1 Å². The number of carbonyl (C=O) groups is 1. The Hall–Kier alpha value is -3.35. The maximum Gasteiger partial charge on any atom is 0.269 e. The van der Waals surface area contributed by atoms with Crippen LogP contribution in [0.1, 0.15) is 15.9 Å². The van der Waals surface area contributed by atoms with Gasteiger partial charge in [0.25, 0.3) is 11.5 Å². The molecular weight excluding hydrogens is 308 g/mol. The molecule has 0 saturated heterocycles. The lowest BCUT2D eigenvalue weighted by Gasteiger charge is -2.16. The third-order valence-corrected chi connectivity index (χ3v) is 4.16. The fourth-order valence-corrected chi connectivity index (χ4v) is 2.76. The average Bonchev–Trinajstić information content (AvgIpc) is 2.53. The Morgan fingerprint density at radius 1 is 1.33 bits per heavy atom. The van der Waals surface area contributed by atoms with Crippen molar-refractivity contribution in [1.29, 1.82) is 0 Å². The fourth-order valence-electron chi connectivity index (χ4n) is 2.76. The summed E-state index contributed by atoms with van der Waals surface area (Å²) in [6.07, 6.45) is 1.19. The second kappa shape index (κ2) is 5.38. The van der Waals surface area contributed by atoms with Crippen molar-refractivity contribution in [3.63, 3.8) is 0 Å². The molecule has 1 heterocycles. The number of nitrogens with two attached hydrogens (primary N) is 2. The molecule has 0 aliphatic rings. The van der Waals surface area contributed by atoms with E-state index in [4.69, 9.17) is 11.5 Å². The van der Waals surface area contributed by atoms with Gasteiger partial charge in [0.15, 0.2) is 0 Å². The van der Waals surface area contributed by atoms with Crippen LogP contribution in [-0.2, 0) is 7.05 Å². The van der Waals surface area contributed by atoms with Gasteiger partial charge in [0.05, 0.1) is 28.5 Å². The minimum absolute atomic E-state index is 0.0920. The molecule has 0 atom stereocenters. The van der Waals surface area contributed by atoms with Crippen molar-refractivity contribution in [3.8, 4) is 16.9 Å². The van der Waals surface area contributed by atoms with E-state index in [0.29, 0.717) is 27.7 Å². The largest absolute Gasteiger partial charge is 0.508 e. The van der Waals surface area contributed by atoms with Crippen LogP contribution in [0.25, 0.3) is 22.2 Å². The van der Waals surface area contributed by atoms with Crippen LogP contribution in [0, 0.1) is 6.92 Å². The van der Waals surface area contributed by atoms with Gasteiger partial charge in [-0.15, -0.1) is 0 Å². The Morgan fingerprint density at radius 2 is 2.04 bits per heavy atom. The minimum atomic E-state index is -0.704. The van der Waals surface area contributed by atoms with Gasteiger partial charge in [0.1, 0.15) is 5.75 Å². The number of aryl methyl sites for hydroxylation is 1. The standard InChI is InChI=1S/C17H16N4O3/c1-8-9(4-3-5-12(8)22)14-15(18)10(17(19)24)6-11-16(14)20-7-13(23)21(11)2/h3-7,22H,18H2,1-2H3,(H2,19,24). The summed E-state index contributed by atoms with van der Waals surface area (Å²) in [5.41, 5.74) is 14.1. The van der Waals surface area contributed by atoms with E-state index in [1.54, 1.807) is 32.2 Å². The summed E-state index contributed by atoms with van der Waals surface area (Å²) in [7, 11) is 1.58. The van der Waals surface area contributed by atoms with Gasteiger partial charge in [-0.1, -0.05) is 12.1 Å². The Bertz CT molecular complexity index is 1050. The topological polar surface area (TPSA) is 124 Å². The highest BCUT2D eigenvalue weighted by Crippen LogP contribution is 2.38. The molecule has 0 radical (unpaired) electrons. The van der Waals surface area contributed by atoms with E-state index < -0.39 is 5.91 Å². The van der Waals surface area contributed by atoms with Crippen molar-refractivity contribution in [2.24, 2.45) is 12.8 Å². The van der Waals surface area contributed by atoms with Gasteiger partial charge in [-0.25, -0.2) is 4.98 Å². The quantitative estimate of drug-likeness (QED) is 0.613. The number of rotatable bonds is 2. The van der Waals surface area contributed by atoms with Gasteiger partial charge in [-0.2, -0.15) is 0 Å². The summed E-state index contributed by atoms with van der Waals surface area (Å²) in [4.78, 5) is 27.9. The number of nitrogen functional groups attached to an aromatic ring is 1. The third-order valence-electron chi connectivity index (χ3n) is 4.16. The molecule has 7 nitrogen and oxygen atoms in total. The van der Waals surface area contributed by atoms with Gasteiger partial charge in [0.2, 0.25) is 0 Å². The van der Waals surface area contributed by atoms with Crippen LogP contribution in [0.15, 0.2) is 35.3 Å². The summed E-state index contributed by atoms with van der Waals surface area (Å²) in [5.74, 6) is -0.612. The SMILES string of the molecule is Cc1c(O)cccc1-c1c(N)c(C(N)=O)cc2c1ncc(=O)n2C. The molecule has 0 aliphatic heterocycles. The molecule has 0 spiro atoms.